The Balaban J connectivity index is 0.00000225. The molecule has 0 atom stereocenters. The molecule has 0 fully saturated rings. The van der Waals surface area contributed by atoms with Gasteiger partial charge in [-0.1, -0.05) is 29.7 Å². The van der Waals surface area contributed by atoms with Gasteiger partial charge in [-0.2, -0.15) is 0 Å². The van der Waals surface area contributed by atoms with Crippen LogP contribution >= 0.6 is 35.0 Å². The number of pyridine rings is 2. The van der Waals surface area contributed by atoms with Crippen molar-refractivity contribution >= 4 is 69.0 Å². The average molecular weight is 479 g/mol. The fourth-order valence-electron chi connectivity index (χ4n) is 3.11. The Kier molecular flexibility index (Phi) is 10.6. The summed E-state index contributed by atoms with van der Waals surface area (Å²) in [5, 5.41) is 1.65. The molecule has 156 valence electrons. The minimum atomic E-state index is -0.209. The molecule has 2 aromatic heterocycles. The molecule has 0 spiro atoms. The van der Waals surface area contributed by atoms with Gasteiger partial charge in [0.15, 0.2) is 5.43 Å². The number of halogens is 2. The number of fused-ring (bicyclic) bond motifs is 2. The standard InChI is InChI=1S/C19H18Cl2N3O3S.Na.H2O/c1-23(7-9-27-2)19-14(21)10-12-16(26)11-4-5-13(20)17(28-3)15(11)24(6-8-25)18(12)22-19;;/h4-5,10H,6-7,9H2,1-3H3;;1H2/q-1;+1;/p-1. The van der Waals surface area contributed by atoms with E-state index in [2.05, 4.69) is 4.98 Å². The summed E-state index contributed by atoms with van der Waals surface area (Å²) in [5.41, 5.74) is 0.725. The van der Waals surface area contributed by atoms with Crippen molar-refractivity contribution in [3.8, 4) is 0 Å². The Morgan fingerprint density at radius 3 is 2.57 bits per heavy atom. The molecule has 0 aliphatic heterocycles. The van der Waals surface area contributed by atoms with Crippen molar-refractivity contribution in [3.05, 3.63) is 38.5 Å². The molecule has 0 saturated carbocycles. The van der Waals surface area contributed by atoms with Gasteiger partial charge in [-0.05, 0) is 24.5 Å². The molecule has 1 aromatic carbocycles. The van der Waals surface area contributed by atoms with Gasteiger partial charge in [-0.25, -0.2) is 11.3 Å². The first-order chi connectivity index (χ1) is 13.4. The Labute approximate surface area is 210 Å². The third kappa shape index (κ3) is 4.97. The summed E-state index contributed by atoms with van der Waals surface area (Å²) in [5.74, 6) is 0.498. The van der Waals surface area contributed by atoms with Crippen molar-refractivity contribution in [2.45, 2.75) is 11.4 Å². The van der Waals surface area contributed by atoms with Gasteiger partial charge in [0, 0.05) is 26.1 Å². The number of hydrogen-bond acceptors (Lipinski definition) is 7. The molecule has 0 aliphatic rings. The minimum absolute atomic E-state index is 0. The summed E-state index contributed by atoms with van der Waals surface area (Å²) in [7, 11) is 3.44. The van der Waals surface area contributed by atoms with Crippen LogP contribution in [0.1, 0.15) is 0 Å². The fraction of sp³-hybridized carbons (Fsp3) is 0.316. The van der Waals surface area contributed by atoms with E-state index in [1.807, 2.05) is 24.5 Å². The zero-order chi connectivity index (χ0) is 20.4. The maximum absolute atomic E-state index is 13.1. The summed E-state index contributed by atoms with van der Waals surface area (Å²) >= 11 is 14.2. The molecule has 2 heterocycles. The van der Waals surface area contributed by atoms with E-state index in [9.17, 15) is 9.59 Å². The predicted octanol–water partition coefficient (Wildman–Crippen LogP) is 0.598. The second-order valence-electron chi connectivity index (χ2n) is 6.12. The maximum Gasteiger partial charge on any atom is 1.00 e. The number of aromatic nitrogens is 2. The van der Waals surface area contributed by atoms with Crippen molar-refractivity contribution in [2.75, 3.05) is 38.5 Å². The monoisotopic (exact) mass is 478 g/mol. The quantitative estimate of drug-likeness (QED) is 0.212. The zero-order valence-corrected chi connectivity index (χ0v) is 21.4. The number of carbonyl (C=O) groups excluding carboxylic acids is 1. The van der Waals surface area contributed by atoms with Crippen LogP contribution < -0.4 is 39.9 Å². The van der Waals surface area contributed by atoms with Crippen LogP contribution in [0.5, 0.6) is 0 Å². The molecular weight excluding hydrogens is 460 g/mol. The third-order valence-electron chi connectivity index (χ3n) is 4.45. The number of rotatable bonds is 7. The predicted molar refractivity (Wildman–Crippen MR) is 118 cm³/mol. The molecule has 0 radical (unpaired) electrons. The van der Waals surface area contributed by atoms with Crippen LogP contribution in [0.3, 0.4) is 0 Å². The molecular formula is C19H19Cl2N3NaO4S-. The molecule has 3 rings (SSSR count). The first-order valence-corrected chi connectivity index (χ1v) is 10.4. The first kappa shape index (κ1) is 27.2. The number of benzene rings is 1. The van der Waals surface area contributed by atoms with Gasteiger partial charge in [-0.3, -0.25) is 4.79 Å². The van der Waals surface area contributed by atoms with Crippen molar-refractivity contribution in [1.82, 2.24) is 9.55 Å². The Hall–Kier alpha value is -0.840. The molecule has 0 unspecified atom stereocenters. The van der Waals surface area contributed by atoms with Crippen LogP contribution in [-0.4, -0.2) is 54.9 Å². The van der Waals surface area contributed by atoms with Gasteiger partial charge in [0.2, 0.25) is 0 Å². The van der Waals surface area contributed by atoms with Crippen LogP contribution in [0, 0.1) is 0 Å². The molecule has 3 aromatic rings. The number of ether oxygens (including phenoxy) is 1. The molecule has 11 heteroatoms. The van der Waals surface area contributed by atoms with Crippen LogP contribution in [0.15, 0.2) is 27.9 Å². The molecule has 30 heavy (non-hydrogen) atoms. The van der Waals surface area contributed by atoms with Gasteiger partial charge in [-0.15, -0.1) is 11.8 Å². The van der Waals surface area contributed by atoms with Crippen LogP contribution in [-0.2, 0) is 16.1 Å². The van der Waals surface area contributed by atoms with Gasteiger partial charge in [0.05, 0.1) is 32.5 Å². The van der Waals surface area contributed by atoms with Crippen LogP contribution in [0.25, 0.3) is 21.9 Å². The molecule has 0 saturated heterocycles. The Morgan fingerprint density at radius 1 is 1.27 bits per heavy atom. The minimum Gasteiger partial charge on any atom is -0.870 e. The number of methoxy groups -OCH3 is 1. The number of anilines is 1. The number of thioether (sulfide) groups is 1. The normalized spacial score (nSPS) is 10.6. The van der Waals surface area contributed by atoms with Gasteiger partial charge in [0.25, 0.3) is 0 Å². The number of likely N-dealkylation sites (N-methyl/N-ethyl adjacent to an activating group) is 1. The van der Waals surface area contributed by atoms with Crippen LogP contribution in [0.2, 0.25) is 10.0 Å². The van der Waals surface area contributed by atoms with E-state index in [1.54, 1.807) is 29.9 Å². The molecule has 0 aliphatic carbocycles. The number of hydrogen-bond donors (Lipinski definition) is 0. The third-order valence-corrected chi connectivity index (χ3v) is 5.98. The van der Waals surface area contributed by atoms with Gasteiger partial charge in [0.1, 0.15) is 11.5 Å². The Morgan fingerprint density at radius 2 is 1.97 bits per heavy atom. The summed E-state index contributed by atoms with van der Waals surface area (Å²) in [6.45, 7) is 0.969. The van der Waals surface area contributed by atoms with E-state index in [1.165, 1.54) is 11.8 Å². The second-order valence-corrected chi connectivity index (χ2v) is 7.75. The van der Waals surface area contributed by atoms with E-state index < -0.39 is 0 Å². The molecule has 1 N–H and O–H groups in total. The summed E-state index contributed by atoms with van der Waals surface area (Å²) < 4.78 is 6.77. The van der Waals surface area contributed by atoms with Gasteiger partial charge < -0.3 is 24.5 Å². The molecule has 7 nitrogen and oxygen atoms in total. The summed E-state index contributed by atoms with van der Waals surface area (Å²) in [4.78, 5) is 31.6. The topological polar surface area (TPSA) is 94.4 Å². The maximum atomic E-state index is 13.1. The second kappa shape index (κ2) is 11.7. The van der Waals surface area contributed by atoms with Gasteiger partial charge >= 0.3 is 29.6 Å². The molecule has 0 bridgehead atoms. The van der Waals surface area contributed by atoms with E-state index >= 15 is 0 Å². The van der Waals surface area contributed by atoms with Crippen molar-refractivity contribution < 1.29 is 44.6 Å². The van der Waals surface area contributed by atoms with Crippen molar-refractivity contribution in [1.29, 1.82) is 0 Å². The van der Waals surface area contributed by atoms with E-state index in [0.29, 0.717) is 55.8 Å². The van der Waals surface area contributed by atoms with E-state index in [-0.39, 0.29) is 47.0 Å². The van der Waals surface area contributed by atoms with Crippen LogP contribution in [0.4, 0.5) is 5.82 Å². The summed E-state index contributed by atoms with van der Waals surface area (Å²) in [6.07, 6.45) is 3.77. The molecule has 0 amide bonds. The van der Waals surface area contributed by atoms with E-state index in [0.717, 1.165) is 0 Å². The fourth-order valence-corrected chi connectivity index (χ4v) is 4.46. The van der Waals surface area contributed by atoms with Crippen molar-refractivity contribution in [2.24, 2.45) is 0 Å². The first-order valence-electron chi connectivity index (χ1n) is 8.38. The largest absolute Gasteiger partial charge is 1.00 e. The summed E-state index contributed by atoms with van der Waals surface area (Å²) in [6, 6.07) is 4.94. The number of nitrogens with zero attached hydrogens (tertiary/aromatic N) is 3. The zero-order valence-electron chi connectivity index (χ0n) is 17.0. The average Bonchev–Trinajstić information content (AvgIpc) is 2.68. The Bertz CT molecular complexity index is 1130. The van der Waals surface area contributed by atoms with E-state index in [4.69, 9.17) is 27.9 Å². The smallest absolute Gasteiger partial charge is 0.870 e. The van der Waals surface area contributed by atoms with Crippen molar-refractivity contribution in [3.63, 3.8) is 0 Å². The SMILES string of the molecule is COCCN(C)c1nc2c(cc1Cl)c(=O)c1ccc(Cl)c(SC)c1n2C[C-]=O.[Na+].[OH-].